The van der Waals surface area contributed by atoms with E-state index in [1.54, 1.807) is 23.0 Å². The molecule has 226 valence electrons. The average Bonchev–Trinajstić information content (AvgIpc) is 3.41. The Morgan fingerprint density at radius 3 is 2.44 bits per heavy atom. The number of nitrogens with zero attached hydrogens (tertiary/aromatic N) is 3. The average molecular weight is 581 g/mol. The van der Waals surface area contributed by atoms with Crippen molar-refractivity contribution in [2.24, 2.45) is 11.8 Å². The second-order valence-corrected chi connectivity index (χ2v) is 10.9. The number of carbonyl (C=O) groups excluding carboxylic acids is 3. The fourth-order valence-corrected chi connectivity index (χ4v) is 4.98. The van der Waals surface area contributed by atoms with E-state index in [1.165, 1.54) is 19.4 Å². The number of ether oxygens (including phenoxy) is 1. The van der Waals surface area contributed by atoms with Crippen molar-refractivity contribution in [2.45, 2.75) is 83.6 Å². The molecule has 0 bridgehead atoms. The molecule has 1 aliphatic carbocycles. The first-order valence-corrected chi connectivity index (χ1v) is 13.8. The van der Waals surface area contributed by atoms with Crippen molar-refractivity contribution < 1.29 is 32.3 Å². The minimum atomic E-state index is -4.45. The van der Waals surface area contributed by atoms with Gasteiger partial charge in [-0.15, -0.1) is 0 Å². The molecule has 1 fully saturated rings. The third-order valence-corrected chi connectivity index (χ3v) is 7.23. The van der Waals surface area contributed by atoms with Crippen LogP contribution in [0.25, 0.3) is 0 Å². The van der Waals surface area contributed by atoms with Crippen LogP contribution in [0.1, 0.15) is 87.4 Å². The Labute approximate surface area is 237 Å². The van der Waals surface area contributed by atoms with Gasteiger partial charge in [0.25, 0.3) is 5.91 Å². The molecule has 1 saturated carbocycles. The summed E-state index contributed by atoms with van der Waals surface area (Å²) >= 11 is 0. The molecule has 13 heteroatoms. The van der Waals surface area contributed by atoms with Gasteiger partial charge in [-0.25, -0.2) is 4.98 Å². The van der Waals surface area contributed by atoms with Crippen LogP contribution in [0, 0.1) is 11.8 Å². The van der Waals surface area contributed by atoms with Crippen molar-refractivity contribution in [3.05, 3.63) is 41.9 Å². The molecule has 2 aromatic heterocycles. The van der Waals surface area contributed by atoms with Crippen LogP contribution >= 0.6 is 0 Å². The molecular weight excluding hydrogens is 541 g/mol. The van der Waals surface area contributed by atoms with E-state index in [0.717, 1.165) is 25.7 Å². The smallest absolute Gasteiger partial charge is 0.382 e. The monoisotopic (exact) mass is 580 g/mol. The minimum absolute atomic E-state index is 0.00235. The van der Waals surface area contributed by atoms with Crippen LogP contribution in [0.2, 0.25) is 0 Å². The summed E-state index contributed by atoms with van der Waals surface area (Å²) in [6.45, 7) is 5.98. The van der Waals surface area contributed by atoms with Crippen molar-refractivity contribution in [2.75, 3.05) is 19.0 Å². The van der Waals surface area contributed by atoms with Crippen LogP contribution in [0.15, 0.2) is 30.6 Å². The number of pyridine rings is 1. The lowest BCUT2D eigenvalue weighted by atomic mass is 9.79. The number of anilines is 1. The summed E-state index contributed by atoms with van der Waals surface area (Å²) in [7, 11) is 1.41. The third kappa shape index (κ3) is 9.55. The fourth-order valence-electron chi connectivity index (χ4n) is 4.98. The van der Waals surface area contributed by atoms with Gasteiger partial charge in [0.05, 0.1) is 19.1 Å². The van der Waals surface area contributed by atoms with Crippen LogP contribution in [0.5, 0.6) is 0 Å². The second kappa shape index (κ2) is 14.4. The highest BCUT2D eigenvalue weighted by Gasteiger charge is 2.34. The maximum atomic E-state index is 13.6. The molecule has 3 rings (SSSR count). The predicted octanol–water partition coefficient (Wildman–Crippen LogP) is 4.57. The molecule has 3 N–H and O–H groups in total. The molecule has 41 heavy (non-hydrogen) atoms. The molecule has 2 heterocycles. The summed E-state index contributed by atoms with van der Waals surface area (Å²) in [5.41, 5.74) is 0.844. The molecule has 2 atom stereocenters. The zero-order chi connectivity index (χ0) is 30.2. The summed E-state index contributed by atoms with van der Waals surface area (Å²) in [4.78, 5) is 43.2. The zero-order valence-corrected chi connectivity index (χ0v) is 23.8. The standard InChI is InChI=1S/C28H39F3N6O4/c1-17(2)37-22(11-14-33-37)26(39)36-25(19-7-5-18(3)6-8-19)27(40)35-23-15-20(10-13-32-23)21(16-41-4)34-24(38)9-12-28(29,30)31/h10-11,13-15,17-19,21,25H,5-9,12,16H2,1-4H3,(H,34,38)(H,36,39)(H,32,35,40)/t18?,19?,21?,25-/m0/s1. The van der Waals surface area contributed by atoms with Gasteiger partial charge in [-0.05, 0) is 62.3 Å². The highest BCUT2D eigenvalue weighted by Crippen LogP contribution is 2.31. The number of alkyl halides is 3. The Kier molecular flexibility index (Phi) is 11.3. The molecule has 2 aromatic rings. The van der Waals surface area contributed by atoms with Crippen molar-refractivity contribution in [1.82, 2.24) is 25.4 Å². The van der Waals surface area contributed by atoms with Crippen molar-refractivity contribution in [3.8, 4) is 0 Å². The second-order valence-electron chi connectivity index (χ2n) is 10.9. The largest absolute Gasteiger partial charge is 0.389 e. The highest BCUT2D eigenvalue weighted by molar-refractivity contribution is 6.00. The SMILES string of the molecule is COCC(NC(=O)CCC(F)(F)F)c1ccnc(NC(=O)[C@@H](NC(=O)c2ccnn2C(C)C)C2CCC(C)CC2)c1. The van der Waals surface area contributed by atoms with Gasteiger partial charge < -0.3 is 20.7 Å². The highest BCUT2D eigenvalue weighted by atomic mass is 19.4. The van der Waals surface area contributed by atoms with Crippen molar-refractivity contribution >= 4 is 23.5 Å². The predicted molar refractivity (Wildman–Crippen MR) is 146 cm³/mol. The topological polar surface area (TPSA) is 127 Å². The summed E-state index contributed by atoms with van der Waals surface area (Å²) in [6, 6.07) is 3.09. The summed E-state index contributed by atoms with van der Waals surface area (Å²) in [5, 5.41) is 12.5. The van der Waals surface area contributed by atoms with Gasteiger partial charge in [0.15, 0.2) is 0 Å². The maximum Gasteiger partial charge on any atom is 0.389 e. The van der Waals surface area contributed by atoms with Gasteiger partial charge in [-0.2, -0.15) is 18.3 Å². The molecule has 1 aliphatic rings. The molecule has 0 spiro atoms. The summed E-state index contributed by atoms with van der Waals surface area (Å²) in [6.07, 6.45) is -0.00172. The molecule has 0 saturated heterocycles. The van der Waals surface area contributed by atoms with Gasteiger partial charge in [-0.3, -0.25) is 19.1 Å². The normalized spacial score (nSPS) is 18.9. The lowest BCUT2D eigenvalue weighted by Gasteiger charge is -2.32. The van der Waals surface area contributed by atoms with Crippen LogP contribution in [0.3, 0.4) is 0 Å². The van der Waals surface area contributed by atoms with Crippen LogP contribution in [-0.4, -0.2) is 58.4 Å². The Morgan fingerprint density at radius 1 is 1.10 bits per heavy atom. The van der Waals surface area contributed by atoms with E-state index in [2.05, 4.69) is 33.0 Å². The number of amides is 3. The van der Waals surface area contributed by atoms with Gasteiger partial charge in [0.1, 0.15) is 17.6 Å². The molecule has 0 aliphatic heterocycles. The summed E-state index contributed by atoms with van der Waals surface area (Å²) in [5.74, 6) is -0.983. The van der Waals surface area contributed by atoms with Crippen LogP contribution < -0.4 is 16.0 Å². The Bertz CT molecular complexity index is 1180. The Balaban J connectivity index is 1.77. The Hall–Kier alpha value is -3.48. The quantitative estimate of drug-likeness (QED) is 0.338. The van der Waals surface area contributed by atoms with Crippen molar-refractivity contribution in [3.63, 3.8) is 0 Å². The first kappa shape index (κ1) is 32.0. The number of methoxy groups -OCH3 is 1. The van der Waals surface area contributed by atoms with Crippen molar-refractivity contribution in [1.29, 1.82) is 0 Å². The number of halogens is 3. The van der Waals surface area contributed by atoms with Crippen LogP contribution in [0.4, 0.5) is 19.0 Å². The van der Waals surface area contributed by atoms with E-state index in [9.17, 15) is 27.6 Å². The van der Waals surface area contributed by atoms with E-state index < -0.39 is 48.8 Å². The molecule has 0 aromatic carbocycles. The molecular formula is C28H39F3N6O4. The van der Waals surface area contributed by atoms with Gasteiger partial charge in [0, 0.05) is 32.0 Å². The fraction of sp³-hybridized carbons (Fsp3) is 0.607. The molecule has 1 unspecified atom stereocenters. The summed E-state index contributed by atoms with van der Waals surface area (Å²) < 4.78 is 44.4. The maximum absolute atomic E-state index is 13.6. The zero-order valence-electron chi connectivity index (χ0n) is 23.8. The van der Waals surface area contributed by atoms with E-state index in [0.29, 0.717) is 17.2 Å². The minimum Gasteiger partial charge on any atom is -0.382 e. The van der Waals surface area contributed by atoms with Crippen LogP contribution in [-0.2, 0) is 14.3 Å². The van der Waals surface area contributed by atoms with Gasteiger partial charge in [0.2, 0.25) is 11.8 Å². The first-order valence-electron chi connectivity index (χ1n) is 13.8. The Morgan fingerprint density at radius 2 is 1.80 bits per heavy atom. The number of rotatable bonds is 12. The lowest BCUT2D eigenvalue weighted by molar-refractivity contribution is -0.144. The number of aromatic nitrogens is 3. The molecule has 10 nitrogen and oxygen atoms in total. The molecule has 3 amide bonds. The van der Waals surface area contributed by atoms with Gasteiger partial charge >= 0.3 is 6.18 Å². The number of nitrogens with one attached hydrogen (secondary N) is 3. The lowest BCUT2D eigenvalue weighted by Crippen LogP contribution is -2.49. The van der Waals surface area contributed by atoms with E-state index in [4.69, 9.17) is 4.74 Å². The first-order chi connectivity index (χ1) is 19.4. The van der Waals surface area contributed by atoms with E-state index in [1.807, 2.05) is 13.8 Å². The number of carbonyl (C=O) groups is 3. The van der Waals surface area contributed by atoms with E-state index in [-0.39, 0.29) is 24.4 Å². The van der Waals surface area contributed by atoms with E-state index >= 15 is 0 Å². The molecule has 0 radical (unpaired) electrons. The van der Waals surface area contributed by atoms with Gasteiger partial charge in [-0.1, -0.05) is 19.8 Å². The third-order valence-electron chi connectivity index (χ3n) is 7.23. The number of hydrogen-bond acceptors (Lipinski definition) is 6. The number of hydrogen-bond donors (Lipinski definition) is 3.